The van der Waals surface area contributed by atoms with Crippen molar-refractivity contribution in [2.75, 3.05) is 0 Å². The molecule has 1 atom stereocenters. The molecule has 0 saturated heterocycles. The van der Waals surface area contributed by atoms with E-state index >= 15 is 0 Å². The van der Waals surface area contributed by atoms with E-state index in [4.69, 9.17) is 11.6 Å². The summed E-state index contributed by atoms with van der Waals surface area (Å²) in [7, 11) is 1.85. The van der Waals surface area contributed by atoms with Crippen molar-refractivity contribution in [3.63, 3.8) is 0 Å². The third-order valence-corrected chi connectivity index (χ3v) is 4.56. The van der Waals surface area contributed by atoms with E-state index in [1.165, 1.54) is 4.88 Å². The highest BCUT2D eigenvalue weighted by atomic mass is 35.5. The maximum atomic E-state index is 10.3. The Balaban J connectivity index is 2.26. The third-order valence-electron chi connectivity index (χ3n) is 3.09. The molecule has 3 nitrogen and oxygen atoms in total. The van der Waals surface area contributed by atoms with E-state index in [0.717, 1.165) is 21.8 Å². The molecule has 2 heterocycles. The number of hydrogen-bond donors (Lipinski definition) is 1. The van der Waals surface area contributed by atoms with Gasteiger partial charge in [0.1, 0.15) is 0 Å². The summed E-state index contributed by atoms with van der Waals surface area (Å²) in [5, 5.41) is 15.2. The molecule has 5 heteroatoms. The fraction of sp³-hybridized carbons (Fsp3) is 0.462. The van der Waals surface area contributed by atoms with Gasteiger partial charge < -0.3 is 5.11 Å². The molecule has 0 fully saturated rings. The van der Waals surface area contributed by atoms with Gasteiger partial charge in [-0.05, 0) is 32.4 Å². The van der Waals surface area contributed by atoms with Gasteiger partial charge >= 0.3 is 0 Å². The van der Waals surface area contributed by atoms with Crippen LogP contribution in [0.3, 0.4) is 0 Å². The zero-order valence-electron chi connectivity index (χ0n) is 11.0. The highest BCUT2D eigenvalue weighted by Gasteiger charge is 2.19. The van der Waals surface area contributed by atoms with Gasteiger partial charge in [-0.2, -0.15) is 5.10 Å². The summed E-state index contributed by atoms with van der Waals surface area (Å²) < 4.78 is 1.75. The maximum Gasteiger partial charge on any atom is 0.0856 e. The van der Waals surface area contributed by atoms with Crippen LogP contribution >= 0.6 is 22.9 Å². The number of rotatable bonds is 3. The first-order valence-corrected chi connectivity index (χ1v) is 7.02. The molecule has 18 heavy (non-hydrogen) atoms. The quantitative estimate of drug-likeness (QED) is 0.939. The molecule has 0 radical (unpaired) electrons. The topological polar surface area (TPSA) is 38.1 Å². The van der Waals surface area contributed by atoms with Crippen molar-refractivity contribution in [1.82, 2.24) is 9.78 Å². The van der Waals surface area contributed by atoms with Gasteiger partial charge in [0.05, 0.1) is 22.5 Å². The summed E-state index contributed by atoms with van der Waals surface area (Å²) in [4.78, 5) is 2.38. The number of aromatic nitrogens is 2. The van der Waals surface area contributed by atoms with Gasteiger partial charge in [0.2, 0.25) is 0 Å². The number of halogens is 1. The number of thiophene rings is 1. The first-order valence-electron chi connectivity index (χ1n) is 5.83. The largest absolute Gasteiger partial charge is 0.388 e. The Morgan fingerprint density at radius 2 is 2.11 bits per heavy atom. The molecule has 0 aliphatic rings. The standard InChI is InChI=1S/C13H17ClN2OS/c1-7-5-10(9(3)18-7)12(17)6-11-13(14)8(2)15-16(11)4/h5,12,17H,6H2,1-4H3. The third kappa shape index (κ3) is 2.46. The van der Waals surface area contributed by atoms with Crippen LogP contribution in [0.15, 0.2) is 6.07 Å². The minimum atomic E-state index is -0.526. The van der Waals surface area contributed by atoms with Gasteiger partial charge in [0, 0.05) is 23.2 Å². The summed E-state index contributed by atoms with van der Waals surface area (Å²) >= 11 is 7.91. The van der Waals surface area contributed by atoms with Gasteiger partial charge in [-0.25, -0.2) is 0 Å². The van der Waals surface area contributed by atoms with Crippen molar-refractivity contribution >= 4 is 22.9 Å². The van der Waals surface area contributed by atoms with Crippen LogP contribution in [0.1, 0.15) is 32.8 Å². The zero-order chi connectivity index (χ0) is 13.4. The van der Waals surface area contributed by atoms with E-state index in [0.29, 0.717) is 11.4 Å². The summed E-state index contributed by atoms with van der Waals surface area (Å²) in [5.41, 5.74) is 2.68. The van der Waals surface area contributed by atoms with Gasteiger partial charge in [-0.3, -0.25) is 4.68 Å². The van der Waals surface area contributed by atoms with E-state index in [1.54, 1.807) is 16.0 Å². The molecule has 0 saturated carbocycles. The molecular weight excluding hydrogens is 268 g/mol. The lowest BCUT2D eigenvalue weighted by atomic mass is 10.1. The van der Waals surface area contributed by atoms with Crippen LogP contribution < -0.4 is 0 Å². The predicted molar refractivity (Wildman–Crippen MR) is 75.4 cm³/mol. The van der Waals surface area contributed by atoms with Crippen molar-refractivity contribution in [3.05, 3.63) is 37.8 Å². The summed E-state index contributed by atoms with van der Waals surface area (Å²) in [6, 6.07) is 2.04. The monoisotopic (exact) mass is 284 g/mol. The smallest absolute Gasteiger partial charge is 0.0856 e. The summed E-state index contributed by atoms with van der Waals surface area (Å²) in [5.74, 6) is 0. The molecule has 0 aliphatic heterocycles. The average Bonchev–Trinajstić information content (AvgIpc) is 2.73. The van der Waals surface area contributed by atoms with E-state index in [1.807, 2.05) is 27.0 Å². The summed E-state index contributed by atoms with van der Waals surface area (Å²) in [6.07, 6.45) is -0.0325. The SMILES string of the molecule is Cc1cc(C(O)Cc2c(Cl)c(C)nn2C)c(C)s1. The lowest BCUT2D eigenvalue weighted by Crippen LogP contribution is -2.07. The number of hydrogen-bond acceptors (Lipinski definition) is 3. The second kappa shape index (κ2) is 5.03. The highest BCUT2D eigenvalue weighted by molar-refractivity contribution is 7.12. The van der Waals surface area contributed by atoms with Crippen molar-refractivity contribution in [2.45, 2.75) is 33.3 Å². The average molecular weight is 285 g/mol. The fourth-order valence-electron chi connectivity index (χ4n) is 2.18. The first-order chi connectivity index (χ1) is 8.40. The maximum absolute atomic E-state index is 10.3. The van der Waals surface area contributed by atoms with Gasteiger partial charge in [-0.1, -0.05) is 11.6 Å². The molecule has 0 amide bonds. The Kier molecular flexibility index (Phi) is 3.80. The van der Waals surface area contributed by atoms with E-state index in [9.17, 15) is 5.11 Å². The predicted octanol–water partition coefficient (Wildman–Crippen LogP) is 3.34. The van der Waals surface area contributed by atoms with Crippen molar-refractivity contribution < 1.29 is 5.11 Å². The molecule has 0 aromatic carbocycles. The van der Waals surface area contributed by atoms with Crippen molar-refractivity contribution in [3.8, 4) is 0 Å². The van der Waals surface area contributed by atoms with Gasteiger partial charge in [0.25, 0.3) is 0 Å². The van der Waals surface area contributed by atoms with Gasteiger partial charge in [-0.15, -0.1) is 11.3 Å². The summed E-state index contributed by atoms with van der Waals surface area (Å²) in [6.45, 7) is 5.96. The molecule has 0 aliphatic carbocycles. The molecule has 2 aromatic heterocycles. The van der Waals surface area contributed by atoms with E-state index in [2.05, 4.69) is 12.0 Å². The Morgan fingerprint density at radius 3 is 2.56 bits per heavy atom. The molecule has 1 N–H and O–H groups in total. The van der Waals surface area contributed by atoms with Crippen molar-refractivity contribution in [2.24, 2.45) is 7.05 Å². The van der Waals surface area contributed by atoms with Crippen LogP contribution in [-0.4, -0.2) is 14.9 Å². The number of aliphatic hydroxyl groups is 1. The van der Waals surface area contributed by atoms with Gasteiger partial charge in [0.15, 0.2) is 0 Å². The minimum absolute atomic E-state index is 0.493. The number of nitrogens with zero attached hydrogens (tertiary/aromatic N) is 2. The Morgan fingerprint density at radius 1 is 1.44 bits per heavy atom. The van der Waals surface area contributed by atoms with Crippen molar-refractivity contribution in [1.29, 1.82) is 0 Å². The Bertz CT molecular complexity index is 574. The Hall–Kier alpha value is -0.840. The second-order valence-electron chi connectivity index (χ2n) is 4.56. The van der Waals surface area contributed by atoms with Crippen LogP contribution in [0.25, 0.3) is 0 Å². The minimum Gasteiger partial charge on any atom is -0.388 e. The molecule has 0 spiro atoms. The molecular formula is C13H17ClN2OS. The first kappa shape index (κ1) is 13.6. The fourth-order valence-corrected chi connectivity index (χ4v) is 3.40. The van der Waals surface area contributed by atoms with Crippen LogP contribution in [0.5, 0.6) is 0 Å². The normalized spacial score (nSPS) is 13.0. The Labute approximate surface area is 116 Å². The molecule has 1 unspecified atom stereocenters. The van der Waals surface area contributed by atoms with E-state index in [-0.39, 0.29) is 0 Å². The molecule has 98 valence electrons. The van der Waals surface area contributed by atoms with E-state index < -0.39 is 6.10 Å². The molecule has 2 rings (SSSR count). The zero-order valence-corrected chi connectivity index (χ0v) is 12.6. The lowest BCUT2D eigenvalue weighted by Gasteiger charge is -2.11. The van der Waals surface area contributed by atoms with Crippen LogP contribution in [-0.2, 0) is 13.5 Å². The highest BCUT2D eigenvalue weighted by Crippen LogP contribution is 2.30. The van der Waals surface area contributed by atoms with Crippen LogP contribution in [0.4, 0.5) is 0 Å². The lowest BCUT2D eigenvalue weighted by molar-refractivity contribution is 0.175. The number of aryl methyl sites for hydroxylation is 4. The molecule has 2 aromatic rings. The van der Waals surface area contributed by atoms with Crippen LogP contribution in [0.2, 0.25) is 5.02 Å². The molecule has 0 bridgehead atoms. The second-order valence-corrected chi connectivity index (χ2v) is 6.40. The number of aliphatic hydroxyl groups excluding tert-OH is 1. The van der Waals surface area contributed by atoms with Crippen LogP contribution in [0, 0.1) is 20.8 Å².